The predicted octanol–water partition coefficient (Wildman–Crippen LogP) is 5.21. The molecule has 0 bridgehead atoms. The number of aryl methyl sites for hydroxylation is 3. The first kappa shape index (κ1) is 24.3. The number of ether oxygens (including phenoxy) is 1. The highest BCUT2D eigenvalue weighted by atomic mass is 32.2. The van der Waals surface area contributed by atoms with Gasteiger partial charge in [0.15, 0.2) is 0 Å². The third-order valence-corrected chi connectivity index (χ3v) is 7.54. The number of carbonyl (C=O) groups excluding carboxylic acids is 1. The lowest BCUT2D eigenvalue weighted by Gasteiger charge is -2.22. The second-order valence-electron chi connectivity index (χ2n) is 7.73. The molecular formula is C26H30N2O4S. The smallest absolute Gasteiger partial charge is 0.264 e. The normalized spacial score (nSPS) is 11.2. The van der Waals surface area contributed by atoms with Gasteiger partial charge in [-0.25, -0.2) is 8.42 Å². The molecule has 3 aromatic carbocycles. The van der Waals surface area contributed by atoms with Gasteiger partial charge in [-0.05, 0) is 60.7 Å². The summed E-state index contributed by atoms with van der Waals surface area (Å²) in [6, 6.07) is 17.5. The Kier molecular flexibility index (Phi) is 7.43. The SMILES string of the molecule is CCc1cccc(CC)c1NC(=O)c1cc(S(=O)(=O)N(C)c2ccccc2OC)ccc1C. The van der Waals surface area contributed by atoms with Crippen LogP contribution in [-0.4, -0.2) is 28.5 Å². The molecule has 33 heavy (non-hydrogen) atoms. The van der Waals surface area contributed by atoms with E-state index in [9.17, 15) is 13.2 Å². The summed E-state index contributed by atoms with van der Waals surface area (Å²) >= 11 is 0. The number of hydrogen-bond acceptors (Lipinski definition) is 4. The average Bonchev–Trinajstić information content (AvgIpc) is 2.83. The summed E-state index contributed by atoms with van der Waals surface area (Å²) in [5.41, 5.74) is 4.30. The molecule has 3 rings (SSSR count). The Morgan fingerprint density at radius 1 is 0.970 bits per heavy atom. The summed E-state index contributed by atoms with van der Waals surface area (Å²) < 4.78 is 33.3. The van der Waals surface area contributed by atoms with Gasteiger partial charge in [-0.2, -0.15) is 0 Å². The van der Waals surface area contributed by atoms with Crippen LogP contribution in [0.1, 0.15) is 40.9 Å². The topological polar surface area (TPSA) is 75.7 Å². The van der Waals surface area contributed by atoms with Crippen molar-refractivity contribution in [3.63, 3.8) is 0 Å². The van der Waals surface area contributed by atoms with Gasteiger partial charge >= 0.3 is 0 Å². The minimum atomic E-state index is -3.92. The van der Waals surface area contributed by atoms with E-state index < -0.39 is 10.0 Å². The number of rotatable bonds is 8. The largest absolute Gasteiger partial charge is 0.495 e. The van der Waals surface area contributed by atoms with Crippen molar-refractivity contribution < 1.29 is 17.9 Å². The molecule has 0 radical (unpaired) electrons. The standard InChI is InChI=1S/C26H30N2O4S/c1-6-19-11-10-12-20(7-2)25(19)27-26(29)22-17-21(16-15-18(22)3)33(30,31)28(4)23-13-8-9-14-24(23)32-5/h8-17H,6-7H2,1-5H3,(H,27,29). The van der Waals surface area contributed by atoms with Crippen molar-refractivity contribution >= 4 is 27.3 Å². The molecule has 0 unspecified atom stereocenters. The molecule has 7 heteroatoms. The van der Waals surface area contributed by atoms with Crippen molar-refractivity contribution in [2.24, 2.45) is 0 Å². The van der Waals surface area contributed by atoms with Gasteiger partial charge < -0.3 is 10.1 Å². The number of amides is 1. The molecule has 1 N–H and O–H groups in total. The third-order valence-electron chi connectivity index (χ3n) is 5.77. The molecular weight excluding hydrogens is 436 g/mol. The fourth-order valence-corrected chi connectivity index (χ4v) is 5.00. The van der Waals surface area contributed by atoms with E-state index in [2.05, 4.69) is 5.32 Å². The zero-order chi connectivity index (χ0) is 24.2. The van der Waals surface area contributed by atoms with E-state index in [1.807, 2.05) is 32.0 Å². The van der Waals surface area contributed by atoms with Gasteiger partial charge in [-0.3, -0.25) is 9.10 Å². The van der Waals surface area contributed by atoms with Crippen LogP contribution in [-0.2, 0) is 22.9 Å². The number of benzene rings is 3. The monoisotopic (exact) mass is 466 g/mol. The van der Waals surface area contributed by atoms with Gasteiger partial charge in [-0.15, -0.1) is 0 Å². The van der Waals surface area contributed by atoms with E-state index in [1.165, 1.54) is 30.6 Å². The van der Waals surface area contributed by atoms with E-state index in [1.54, 1.807) is 37.3 Å². The lowest BCUT2D eigenvalue weighted by atomic mass is 10.0. The molecule has 0 saturated carbocycles. The molecule has 6 nitrogen and oxygen atoms in total. The van der Waals surface area contributed by atoms with Crippen molar-refractivity contribution in [1.29, 1.82) is 0 Å². The maximum atomic E-state index is 13.4. The number of methoxy groups -OCH3 is 1. The third kappa shape index (κ3) is 4.88. The fourth-order valence-electron chi connectivity index (χ4n) is 3.77. The van der Waals surface area contributed by atoms with Crippen LogP contribution in [0.3, 0.4) is 0 Å². The number of nitrogens with zero attached hydrogens (tertiary/aromatic N) is 1. The maximum absolute atomic E-state index is 13.4. The van der Waals surface area contributed by atoms with E-state index >= 15 is 0 Å². The summed E-state index contributed by atoms with van der Waals surface area (Å²) in [6.07, 6.45) is 1.56. The minimum Gasteiger partial charge on any atom is -0.495 e. The van der Waals surface area contributed by atoms with Gasteiger partial charge in [0.05, 0.1) is 17.7 Å². The van der Waals surface area contributed by atoms with Crippen LogP contribution in [0.4, 0.5) is 11.4 Å². The minimum absolute atomic E-state index is 0.0335. The van der Waals surface area contributed by atoms with E-state index in [-0.39, 0.29) is 10.8 Å². The summed E-state index contributed by atoms with van der Waals surface area (Å²) in [7, 11) is -0.960. The van der Waals surface area contributed by atoms with Crippen molar-refractivity contribution in [2.75, 3.05) is 23.8 Å². The lowest BCUT2D eigenvalue weighted by molar-refractivity contribution is 0.102. The first-order valence-electron chi connectivity index (χ1n) is 10.9. The van der Waals surface area contributed by atoms with E-state index in [0.29, 0.717) is 22.6 Å². The molecule has 0 heterocycles. The highest BCUT2D eigenvalue weighted by Crippen LogP contribution is 2.31. The first-order valence-corrected chi connectivity index (χ1v) is 12.3. The molecule has 0 atom stereocenters. The molecule has 0 aliphatic rings. The van der Waals surface area contributed by atoms with E-state index in [4.69, 9.17) is 4.74 Å². The second kappa shape index (κ2) is 10.1. The number of para-hydroxylation sites is 3. The van der Waals surface area contributed by atoms with Crippen LogP contribution in [0.2, 0.25) is 0 Å². The molecule has 0 aromatic heterocycles. The quantitative estimate of drug-likeness (QED) is 0.495. The van der Waals surface area contributed by atoms with Crippen molar-refractivity contribution in [3.05, 3.63) is 82.9 Å². The molecule has 0 aliphatic carbocycles. The zero-order valence-electron chi connectivity index (χ0n) is 19.7. The molecule has 3 aromatic rings. The Morgan fingerprint density at radius 3 is 2.21 bits per heavy atom. The second-order valence-corrected chi connectivity index (χ2v) is 9.70. The molecule has 0 spiro atoms. The van der Waals surface area contributed by atoms with Crippen LogP contribution >= 0.6 is 0 Å². The van der Waals surface area contributed by atoms with Crippen LogP contribution in [0.15, 0.2) is 65.6 Å². The molecule has 0 aliphatic heterocycles. The number of nitrogens with one attached hydrogen (secondary N) is 1. The highest BCUT2D eigenvalue weighted by molar-refractivity contribution is 7.92. The Bertz CT molecular complexity index is 1250. The molecule has 1 amide bonds. The fraction of sp³-hybridized carbons (Fsp3) is 0.269. The predicted molar refractivity (Wildman–Crippen MR) is 133 cm³/mol. The highest BCUT2D eigenvalue weighted by Gasteiger charge is 2.25. The zero-order valence-corrected chi connectivity index (χ0v) is 20.5. The van der Waals surface area contributed by atoms with Gasteiger partial charge in [-0.1, -0.05) is 50.2 Å². The number of hydrogen-bond donors (Lipinski definition) is 1. The molecule has 0 saturated heterocycles. The number of sulfonamides is 1. The number of anilines is 2. The Morgan fingerprint density at radius 2 is 1.61 bits per heavy atom. The van der Waals surface area contributed by atoms with Crippen molar-refractivity contribution in [3.8, 4) is 5.75 Å². The van der Waals surface area contributed by atoms with Crippen molar-refractivity contribution in [2.45, 2.75) is 38.5 Å². The summed E-state index contributed by atoms with van der Waals surface area (Å²) in [4.78, 5) is 13.3. The van der Waals surface area contributed by atoms with E-state index in [0.717, 1.165) is 29.7 Å². The van der Waals surface area contributed by atoms with Crippen LogP contribution in [0.5, 0.6) is 5.75 Å². The molecule has 0 fully saturated rings. The number of carbonyl (C=O) groups is 1. The van der Waals surface area contributed by atoms with Gasteiger partial charge in [0.1, 0.15) is 5.75 Å². The van der Waals surface area contributed by atoms with Gasteiger partial charge in [0.2, 0.25) is 0 Å². The van der Waals surface area contributed by atoms with Gasteiger partial charge in [0.25, 0.3) is 15.9 Å². The Balaban J connectivity index is 2.00. The summed E-state index contributed by atoms with van der Waals surface area (Å²) in [6.45, 7) is 5.87. The van der Waals surface area contributed by atoms with Crippen LogP contribution < -0.4 is 14.4 Å². The Labute approximate surface area is 196 Å². The van der Waals surface area contributed by atoms with Crippen LogP contribution in [0.25, 0.3) is 0 Å². The summed E-state index contributed by atoms with van der Waals surface area (Å²) in [5.74, 6) is 0.108. The summed E-state index contributed by atoms with van der Waals surface area (Å²) in [5, 5.41) is 3.03. The molecule has 174 valence electrons. The van der Waals surface area contributed by atoms with Crippen molar-refractivity contribution in [1.82, 2.24) is 0 Å². The maximum Gasteiger partial charge on any atom is 0.264 e. The van der Waals surface area contributed by atoms with Crippen LogP contribution in [0, 0.1) is 6.92 Å². The Hall–Kier alpha value is -3.32. The lowest BCUT2D eigenvalue weighted by Crippen LogP contribution is -2.27. The first-order chi connectivity index (χ1) is 15.7. The van der Waals surface area contributed by atoms with Gasteiger partial charge in [0, 0.05) is 18.3 Å². The average molecular weight is 467 g/mol.